The summed E-state index contributed by atoms with van der Waals surface area (Å²) in [5.74, 6) is 1.98. The van der Waals surface area contributed by atoms with Gasteiger partial charge in [0.1, 0.15) is 10.8 Å². The Hall–Kier alpha value is -3.06. The van der Waals surface area contributed by atoms with Gasteiger partial charge in [-0.2, -0.15) is 0 Å². The number of para-hydroxylation sites is 1. The molecule has 3 aromatic heterocycles. The van der Waals surface area contributed by atoms with Crippen molar-refractivity contribution in [1.82, 2.24) is 15.3 Å². The molecule has 0 aliphatic rings. The van der Waals surface area contributed by atoms with E-state index in [1.807, 2.05) is 36.4 Å². The number of rotatable bonds is 6. The summed E-state index contributed by atoms with van der Waals surface area (Å²) in [5.41, 5.74) is 0.812. The van der Waals surface area contributed by atoms with Crippen LogP contribution in [0.5, 0.6) is 0 Å². The number of aromatic nitrogens is 2. The lowest BCUT2D eigenvalue weighted by molar-refractivity contribution is -0.118. The summed E-state index contributed by atoms with van der Waals surface area (Å²) in [4.78, 5) is 21.3. The number of carbonyl (C=O) groups is 1. The molecule has 0 saturated heterocycles. The second-order valence-electron chi connectivity index (χ2n) is 5.49. The van der Waals surface area contributed by atoms with Crippen molar-refractivity contribution in [3.8, 4) is 11.6 Å². The van der Waals surface area contributed by atoms with E-state index in [2.05, 4.69) is 15.3 Å². The summed E-state index contributed by atoms with van der Waals surface area (Å²) in [6.45, 7) is 0.370. The predicted octanol–water partition coefficient (Wildman–Crippen LogP) is 3.89. The Kier molecular flexibility index (Phi) is 4.70. The number of fused-ring (bicyclic) bond motifs is 1. The molecule has 0 bridgehead atoms. The molecule has 0 atom stereocenters. The number of hydrogen-bond acceptors (Lipinski definition) is 6. The molecule has 1 N–H and O–H groups in total. The zero-order chi connectivity index (χ0) is 17.8. The maximum absolute atomic E-state index is 12.1. The maximum atomic E-state index is 12.1. The molecular weight excluding hydrogens is 350 g/mol. The van der Waals surface area contributed by atoms with Gasteiger partial charge < -0.3 is 14.2 Å². The van der Waals surface area contributed by atoms with E-state index in [9.17, 15) is 4.79 Å². The average molecular weight is 365 g/mol. The standard InChI is InChI=1S/C19H15N3O3S/c23-17(20-11-13-5-3-9-24-13)12-26-19-14-6-1-2-7-15(14)21-18(22-19)16-8-4-10-25-16/h1-10H,11-12H2,(H,20,23). The molecule has 7 heteroatoms. The quantitative estimate of drug-likeness (QED) is 0.412. The van der Waals surface area contributed by atoms with E-state index < -0.39 is 0 Å². The SMILES string of the molecule is O=C(CSc1nc(-c2ccco2)nc2ccccc12)NCc1ccco1. The van der Waals surface area contributed by atoms with Crippen molar-refractivity contribution >= 4 is 28.6 Å². The summed E-state index contributed by atoms with van der Waals surface area (Å²) in [6.07, 6.45) is 3.17. The second-order valence-corrected chi connectivity index (χ2v) is 6.46. The van der Waals surface area contributed by atoms with Gasteiger partial charge in [0.2, 0.25) is 5.91 Å². The van der Waals surface area contributed by atoms with E-state index in [1.54, 1.807) is 24.7 Å². The van der Waals surface area contributed by atoms with Gasteiger partial charge in [-0.15, -0.1) is 0 Å². The summed E-state index contributed by atoms with van der Waals surface area (Å²) >= 11 is 1.37. The number of carbonyl (C=O) groups excluding carboxylic acids is 1. The minimum Gasteiger partial charge on any atom is -0.467 e. The number of benzene rings is 1. The van der Waals surface area contributed by atoms with Crippen LogP contribution >= 0.6 is 11.8 Å². The van der Waals surface area contributed by atoms with Crippen molar-refractivity contribution in [3.63, 3.8) is 0 Å². The van der Waals surface area contributed by atoms with E-state index in [0.29, 0.717) is 18.1 Å². The zero-order valence-electron chi connectivity index (χ0n) is 13.7. The molecular formula is C19H15N3O3S. The van der Waals surface area contributed by atoms with Crippen LogP contribution in [0.25, 0.3) is 22.5 Å². The Labute approximate surface area is 153 Å². The summed E-state index contributed by atoms with van der Waals surface area (Å²) in [6, 6.07) is 14.9. The molecule has 3 heterocycles. The Morgan fingerprint density at radius 2 is 1.85 bits per heavy atom. The van der Waals surface area contributed by atoms with Gasteiger partial charge in [-0.3, -0.25) is 4.79 Å². The Morgan fingerprint density at radius 1 is 1.00 bits per heavy atom. The van der Waals surface area contributed by atoms with Crippen LogP contribution in [0.3, 0.4) is 0 Å². The Bertz CT molecular complexity index is 1010. The molecule has 130 valence electrons. The third kappa shape index (κ3) is 3.62. The van der Waals surface area contributed by atoms with Crippen molar-refractivity contribution in [2.24, 2.45) is 0 Å². The molecule has 0 unspecified atom stereocenters. The highest BCUT2D eigenvalue weighted by Gasteiger charge is 2.13. The van der Waals surface area contributed by atoms with Crippen molar-refractivity contribution in [2.45, 2.75) is 11.6 Å². The third-order valence-corrected chi connectivity index (χ3v) is 4.68. The fourth-order valence-corrected chi connectivity index (χ4v) is 3.31. The molecule has 26 heavy (non-hydrogen) atoms. The van der Waals surface area contributed by atoms with Crippen LogP contribution in [-0.4, -0.2) is 21.6 Å². The van der Waals surface area contributed by atoms with Crippen LogP contribution in [0.2, 0.25) is 0 Å². The molecule has 0 saturated carbocycles. The third-order valence-electron chi connectivity index (χ3n) is 3.69. The largest absolute Gasteiger partial charge is 0.467 e. The Morgan fingerprint density at radius 3 is 2.65 bits per heavy atom. The zero-order valence-corrected chi connectivity index (χ0v) is 14.5. The number of amides is 1. The minimum atomic E-state index is -0.0892. The molecule has 1 aromatic carbocycles. The Balaban J connectivity index is 1.52. The monoisotopic (exact) mass is 365 g/mol. The van der Waals surface area contributed by atoms with Gasteiger partial charge in [-0.05, 0) is 30.3 Å². The lowest BCUT2D eigenvalue weighted by atomic mass is 10.2. The molecule has 0 fully saturated rings. The lowest BCUT2D eigenvalue weighted by Crippen LogP contribution is -2.24. The molecule has 0 radical (unpaired) electrons. The van der Waals surface area contributed by atoms with Crippen LogP contribution in [0.1, 0.15) is 5.76 Å². The molecule has 4 rings (SSSR count). The van der Waals surface area contributed by atoms with Gasteiger partial charge in [0.05, 0.1) is 30.3 Å². The molecule has 1 amide bonds. The molecule has 4 aromatic rings. The van der Waals surface area contributed by atoms with E-state index in [4.69, 9.17) is 8.83 Å². The van der Waals surface area contributed by atoms with Gasteiger partial charge in [0.25, 0.3) is 0 Å². The van der Waals surface area contributed by atoms with E-state index in [-0.39, 0.29) is 11.7 Å². The summed E-state index contributed by atoms with van der Waals surface area (Å²) in [7, 11) is 0. The van der Waals surface area contributed by atoms with Crippen molar-refractivity contribution in [3.05, 3.63) is 66.8 Å². The average Bonchev–Trinajstić information content (AvgIpc) is 3.38. The first-order valence-corrected chi connectivity index (χ1v) is 9.01. The smallest absolute Gasteiger partial charge is 0.230 e. The van der Waals surface area contributed by atoms with Crippen LogP contribution in [0.4, 0.5) is 0 Å². The van der Waals surface area contributed by atoms with Crippen molar-refractivity contribution in [2.75, 3.05) is 5.75 Å². The van der Waals surface area contributed by atoms with E-state index >= 15 is 0 Å². The number of nitrogens with one attached hydrogen (secondary N) is 1. The molecule has 6 nitrogen and oxygen atoms in total. The van der Waals surface area contributed by atoms with Gasteiger partial charge >= 0.3 is 0 Å². The highest BCUT2D eigenvalue weighted by Crippen LogP contribution is 2.28. The fourth-order valence-electron chi connectivity index (χ4n) is 2.46. The summed E-state index contributed by atoms with van der Waals surface area (Å²) in [5, 5.41) is 4.48. The molecule has 0 spiro atoms. The fraction of sp³-hybridized carbons (Fsp3) is 0.105. The number of furan rings is 2. The van der Waals surface area contributed by atoms with Gasteiger partial charge in [-0.25, -0.2) is 9.97 Å². The topological polar surface area (TPSA) is 81.2 Å². The van der Waals surface area contributed by atoms with Crippen molar-refractivity contribution in [1.29, 1.82) is 0 Å². The maximum Gasteiger partial charge on any atom is 0.230 e. The predicted molar refractivity (Wildman–Crippen MR) is 98.5 cm³/mol. The second kappa shape index (κ2) is 7.45. The molecule has 0 aliphatic heterocycles. The normalized spacial score (nSPS) is 10.9. The number of hydrogen-bond donors (Lipinski definition) is 1. The first-order valence-electron chi connectivity index (χ1n) is 8.02. The first-order chi connectivity index (χ1) is 12.8. The number of thioether (sulfide) groups is 1. The first kappa shape index (κ1) is 16.4. The van der Waals surface area contributed by atoms with Gasteiger partial charge in [0, 0.05) is 5.39 Å². The van der Waals surface area contributed by atoms with Crippen LogP contribution in [-0.2, 0) is 11.3 Å². The van der Waals surface area contributed by atoms with E-state index in [0.717, 1.165) is 21.7 Å². The van der Waals surface area contributed by atoms with Gasteiger partial charge in [0.15, 0.2) is 11.6 Å². The highest BCUT2D eigenvalue weighted by molar-refractivity contribution is 8.00. The van der Waals surface area contributed by atoms with E-state index in [1.165, 1.54) is 11.8 Å². The number of nitrogens with zero attached hydrogens (tertiary/aromatic N) is 2. The molecule has 0 aliphatic carbocycles. The van der Waals surface area contributed by atoms with Crippen LogP contribution < -0.4 is 5.32 Å². The lowest BCUT2D eigenvalue weighted by Gasteiger charge is -2.07. The highest BCUT2D eigenvalue weighted by atomic mass is 32.2. The summed E-state index contributed by atoms with van der Waals surface area (Å²) < 4.78 is 10.6. The van der Waals surface area contributed by atoms with Crippen LogP contribution in [0, 0.1) is 0 Å². The van der Waals surface area contributed by atoms with Crippen LogP contribution in [0.15, 0.2) is 74.9 Å². The minimum absolute atomic E-state index is 0.0892. The van der Waals surface area contributed by atoms with Gasteiger partial charge in [-0.1, -0.05) is 30.0 Å². The van der Waals surface area contributed by atoms with Crippen molar-refractivity contribution < 1.29 is 13.6 Å².